The van der Waals surface area contributed by atoms with Crippen LogP contribution in [0.25, 0.3) is 0 Å². The minimum atomic E-state index is 0.613. The first-order valence-corrected chi connectivity index (χ1v) is 7.51. The lowest BCUT2D eigenvalue weighted by Crippen LogP contribution is -1.97. The molecule has 0 fully saturated rings. The van der Waals surface area contributed by atoms with Crippen molar-refractivity contribution >= 4 is 38.5 Å². The minimum absolute atomic E-state index is 0.613. The molecule has 2 rings (SSSR count). The quantitative estimate of drug-likeness (QED) is 0.529. The summed E-state index contributed by atoms with van der Waals surface area (Å²) in [6, 6.07) is 16.4. The van der Waals surface area contributed by atoms with Crippen LogP contribution in [0.4, 0.5) is 0 Å². The first-order valence-electron chi connectivity index (χ1n) is 5.30. The summed E-state index contributed by atoms with van der Waals surface area (Å²) in [6.45, 7) is 0.613. The lowest BCUT2D eigenvalue weighted by atomic mass is 10.2. The fourth-order valence-electron chi connectivity index (χ4n) is 1.53. The van der Waals surface area contributed by atoms with Crippen LogP contribution in [0.1, 0.15) is 11.1 Å². The molecule has 88 valence electrons. The van der Waals surface area contributed by atoms with Gasteiger partial charge in [0.1, 0.15) is 12.4 Å². The maximum Gasteiger partial charge on any atom is 0.123 e. The van der Waals surface area contributed by atoms with E-state index < -0.39 is 0 Å². The summed E-state index contributed by atoms with van der Waals surface area (Å²) in [4.78, 5) is 0. The standard InChI is InChI=1S/C14H12BrIO/c15-9-12-8-13(16)6-7-14(12)17-10-11-4-2-1-3-5-11/h1-8H,9-10H2. The number of ether oxygens (including phenoxy) is 1. The average molecular weight is 403 g/mol. The normalized spacial score (nSPS) is 10.2. The zero-order chi connectivity index (χ0) is 12.1. The summed E-state index contributed by atoms with van der Waals surface area (Å²) >= 11 is 5.79. The van der Waals surface area contributed by atoms with Crippen LogP contribution in [0, 0.1) is 3.57 Å². The zero-order valence-corrected chi connectivity index (χ0v) is 12.9. The van der Waals surface area contributed by atoms with Crippen LogP contribution in [0.5, 0.6) is 5.75 Å². The molecule has 17 heavy (non-hydrogen) atoms. The van der Waals surface area contributed by atoms with Crippen molar-refractivity contribution in [3.8, 4) is 5.75 Å². The van der Waals surface area contributed by atoms with Crippen LogP contribution in [0.15, 0.2) is 48.5 Å². The van der Waals surface area contributed by atoms with Gasteiger partial charge in [0.25, 0.3) is 0 Å². The summed E-state index contributed by atoms with van der Waals surface area (Å²) in [5.74, 6) is 0.950. The Morgan fingerprint density at radius 2 is 1.82 bits per heavy atom. The van der Waals surface area contributed by atoms with Gasteiger partial charge in [-0.2, -0.15) is 0 Å². The monoisotopic (exact) mass is 402 g/mol. The van der Waals surface area contributed by atoms with Gasteiger partial charge in [0.05, 0.1) is 0 Å². The summed E-state index contributed by atoms with van der Waals surface area (Å²) in [5.41, 5.74) is 2.37. The second-order valence-electron chi connectivity index (χ2n) is 3.66. The van der Waals surface area contributed by atoms with Crippen LogP contribution in [-0.2, 0) is 11.9 Å². The Hall–Kier alpha value is -0.550. The van der Waals surface area contributed by atoms with Gasteiger partial charge < -0.3 is 4.74 Å². The number of rotatable bonds is 4. The van der Waals surface area contributed by atoms with E-state index in [1.165, 1.54) is 14.7 Å². The van der Waals surface area contributed by atoms with Gasteiger partial charge >= 0.3 is 0 Å². The van der Waals surface area contributed by atoms with E-state index in [-0.39, 0.29) is 0 Å². The predicted molar refractivity (Wildman–Crippen MR) is 82.6 cm³/mol. The van der Waals surface area contributed by atoms with E-state index in [1.54, 1.807) is 0 Å². The molecule has 3 heteroatoms. The average Bonchev–Trinajstić information content (AvgIpc) is 2.38. The molecule has 2 aromatic carbocycles. The molecule has 0 unspecified atom stereocenters. The molecule has 0 aliphatic heterocycles. The van der Waals surface area contributed by atoms with Crippen LogP contribution in [0.3, 0.4) is 0 Å². The number of hydrogen-bond donors (Lipinski definition) is 0. The fourth-order valence-corrected chi connectivity index (χ4v) is 2.52. The molecule has 0 saturated carbocycles. The smallest absolute Gasteiger partial charge is 0.123 e. The van der Waals surface area contributed by atoms with E-state index in [4.69, 9.17) is 4.74 Å². The molecule has 0 spiro atoms. The van der Waals surface area contributed by atoms with Gasteiger partial charge in [-0.15, -0.1) is 0 Å². The second kappa shape index (κ2) is 6.40. The van der Waals surface area contributed by atoms with Crippen molar-refractivity contribution in [2.24, 2.45) is 0 Å². The Morgan fingerprint density at radius 1 is 1.06 bits per heavy atom. The van der Waals surface area contributed by atoms with Crippen LogP contribution < -0.4 is 4.74 Å². The molecule has 0 N–H and O–H groups in total. The van der Waals surface area contributed by atoms with E-state index in [0.717, 1.165) is 11.1 Å². The zero-order valence-electron chi connectivity index (χ0n) is 9.20. The first-order chi connectivity index (χ1) is 8.29. The first kappa shape index (κ1) is 12.9. The van der Waals surface area contributed by atoms with Gasteiger partial charge in [0.2, 0.25) is 0 Å². The van der Waals surface area contributed by atoms with E-state index in [0.29, 0.717) is 6.61 Å². The SMILES string of the molecule is BrCc1cc(I)ccc1OCc1ccccc1. The molecule has 2 aromatic rings. The molecule has 0 radical (unpaired) electrons. The minimum Gasteiger partial charge on any atom is -0.489 e. The highest BCUT2D eigenvalue weighted by atomic mass is 127. The van der Waals surface area contributed by atoms with Gasteiger partial charge in [-0.1, -0.05) is 46.3 Å². The topological polar surface area (TPSA) is 9.23 Å². The van der Waals surface area contributed by atoms with Crippen molar-refractivity contribution < 1.29 is 4.74 Å². The fraction of sp³-hybridized carbons (Fsp3) is 0.143. The molecule has 0 amide bonds. The highest BCUT2D eigenvalue weighted by Gasteiger charge is 2.03. The third kappa shape index (κ3) is 3.71. The highest BCUT2D eigenvalue weighted by Crippen LogP contribution is 2.24. The second-order valence-corrected chi connectivity index (χ2v) is 5.47. The van der Waals surface area contributed by atoms with Gasteiger partial charge in [-0.05, 0) is 46.4 Å². The Balaban J connectivity index is 2.09. The Bertz CT molecular complexity index is 485. The molecule has 0 heterocycles. The van der Waals surface area contributed by atoms with Crippen molar-refractivity contribution in [1.82, 2.24) is 0 Å². The van der Waals surface area contributed by atoms with Gasteiger partial charge in [0, 0.05) is 14.5 Å². The van der Waals surface area contributed by atoms with Gasteiger partial charge in [-0.25, -0.2) is 0 Å². The molecule has 0 aliphatic carbocycles. The van der Waals surface area contributed by atoms with E-state index in [9.17, 15) is 0 Å². The largest absolute Gasteiger partial charge is 0.489 e. The lowest BCUT2D eigenvalue weighted by molar-refractivity contribution is 0.304. The Kier molecular flexibility index (Phi) is 4.86. The van der Waals surface area contributed by atoms with Crippen LogP contribution >= 0.6 is 38.5 Å². The summed E-state index contributed by atoms with van der Waals surface area (Å²) < 4.78 is 7.06. The highest BCUT2D eigenvalue weighted by molar-refractivity contribution is 14.1. The molecule has 0 aromatic heterocycles. The van der Waals surface area contributed by atoms with E-state index >= 15 is 0 Å². The third-order valence-corrected chi connectivity index (χ3v) is 3.68. The van der Waals surface area contributed by atoms with Crippen LogP contribution in [-0.4, -0.2) is 0 Å². The van der Waals surface area contributed by atoms with Crippen molar-refractivity contribution in [1.29, 1.82) is 0 Å². The van der Waals surface area contributed by atoms with E-state index in [1.807, 2.05) is 24.3 Å². The maximum atomic E-state index is 5.84. The van der Waals surface area contributed by atoms with Gasteiger partial charge in [0.15, 0.2) is 0 Å². The molecule has 0 aliphatic rings. The Morgan fingerprint density at radius 3 is 2.53 bits per heavy atom. The molecule has 0 bridgehead atoms. The van der Waals surface area contributed by atoms with E-state index in [2.05, 4.69) is 62.8 Å². The molecular formula is C14H12BrIO. The van der Waals surface area contributed by atoms with Crippen molar-refractivity contribution in [3.05, 3.63) is 63.2 Å². The molecular weight excluding hydrogens is 391 g/mol. The van der Waals surface area contributed by atoms with Crippen molar-refractivity contribution in [2.75, 3.05) is 0 Å². The molecule has 0 atom stereocenters. The van der Waals surface area contributed by atoms with Crippen LogP contribution in [0.2, 0.25) is 0 Å². The van der Waals surface area contributed by atoms with Crippen molar-refractivity contribution in [3.63, 3.8) is 0 Å². The summed E-state index contributed by atoms with van der Waals surface area (Å²) in [6.07, 6.45) is 0. The number of halogens is 2. The third-order valence-electron chi connectivity index (χ3n) is 2.40. The Labute approximate surface area is 123 Å². The predicted octanol–water partition coefficient (Wildman–Crippen LogP) is 4.77. The lowest BCUT2D eigenvalue weighted by Gasteiger charge is -2.10. The number of alkyl halides is 1. The molecule has 0 saturated heterocycles. The van der Waals surface area contributed by atoms with Crippen molar-refractivity contribution in [2.45, 2.75) is 11.9 Å². The number of hydrogen-bond acceptors (Lipinski definition) is 1. The molecule has 1 nitrogen and oxygen atoms in total. The maximum absolute atomic E-state index is 5.84. The van der Waals surface area contributed by atoms with Gasteiger partial charge in [-0.3, -0.25) is 0 Å². The summed E-state index contributed by atoms with van der Waals surface area (Å²) in [7, 11) is 0. The number of benzene rings is 2. The summed E-state index contributed by atoms with van der Waals surface area (Å²) in [5, 5.41) is 0.813.